The van der Waals surface area contributed by atoms with Gasteiger partial charge >= 0.3 is 0 Å². The van der Waals surface area contributed by atoms with Crippen molar-refractivity contribution in [1.29, 1.82) is 0 Å². The molecular weight excluding hydrogens is 230 g/mol. The first-order chi connectivity index (χ1) is 7.77. The summed E-state index contributed by atoms with van der Waals surface area (Å²) in [6.45, 7) is 1.17. The number of hydrogen-bond donors (Lipinski definition) is 1. The van der Waals surface area contributed by atoms with Crippen molar-refractivity contribution in [3.63, 3.8) is 0 Å². The Hall–Kier alpha value is -0.320. The lowest BCUT2D eigenvalue weighted by Gasteiger charge is -2.24. The zero-order valence-corrected chi connectivity index (χ0v) is 10.5. The van der Waals surface area contributed by atoms with E-state index in [2.05, 4.69) is 5.32 Å². The van der Waals surface area contributed by atoms with Gasteiger partial charge in [0, 0.05) is 19.6 Å². The van der Waals surface area contributed by atoms with Crippen molar-refractivity contribution in [2.45, 2.75) is 37.8 Å². The number of methoxy groups -OCH3 is 1. The molecule has 0 aromatic carbocycles. The molecule has 1 amide bonds. The molecule has 1 saturated heterocycles. The van der Waals surface area contributed by atoms with Crippen LogP contribution in [0.5, 0.6) is 0 Å². The van der Waals surface area contributed by atoms with E-state index in [1.807, 2.05) is 0 Å². The predicted molar refractivity (Wildman–Crippen MR) is 62.7 cm³/mol. The highest BCUT2D eigenvalue weighted by Gasteiger charge is 2.23. The maximum atomic E-state index is 11.8. The molecule has 0 spiro atoms. The van der Waals surface area contributed by atoms with E-state index in [1.165, 1.54) is 0 Å². The number of halogens is 1. The second-order valence-electron chi connectivity index (χ2n) is 3.99. The summed E-state index contributed by atoms with van der Waals surface area (Å²) in [6, 6.07) is -0.0134. The van der Waals surface area contributed by atoms with Gasteiger partial charge in [0.1, 0.15) is 6.10 Å². The van der Waals surface area contributed by atoms with Crippen molar-refractivity contribution in [2.24, 2.45) is 0 Å². The molecule has 0 aromatic heterocycles. The van der Waals surface area contributed by atoms with E-state index in [0.717, 1.165) is 19.3 Å². The van der Waals surface area contributed by atoms with Gasteiger partial charge in [0.2, 0.25) is 5.91 Å². The Balaban J connectivity index is 2.33. The summed E-state index contributed by atoms with van der Waals surface area (Å²) in [5.74, 6) is 0.478. The van der Waals surface area contributed by atoms with Crippen LogP contribution in [-0.4, -0.2) is 44.3 Å². The molecule has 0 saturated carbocycles. The lowest BCUT2D eigenvalue weighted by atomic mass is 10.1. The summed E-state index contributed by atoms with van der Waals surface area (Å²) in [7, 11) is 1.62. The van der Waals surface area contributed by atoms with Crippen molar-refractivity contribution >= 4 is 17.5 Å². The number of rotatable bonds is 6. The Morgan fingerprint density at radius 3 is 3.00 bits per heavy atom. The molecule has 0 aliphatic carbocycles. The Morgan fingerprint density at radius 1 is 1.62 bits per heavy atom. The van der Waals surface area contributed by atoms with Crippen molar-refractivity contribution in [3.8, 4) is 0 Å². The van der Waals surface area contributed by atoms with Crippen LogP contribution in [0.2, 0.25) is 0 Å². The molecule has 1 heterocycles. The van der Waals surface area contributed by atoms with Gasteiger partial charge in [-0.15, -0.1) is 11.6 Å². The van der Waals surface area contributed by atoms with E-state index in [-0.39, 0.29) is 18.1 Å². The Kier molecular flexibility index (Phi) is 6.76. The lowest BCUT2D eigenvalue weighted by Crippen LogP contribution is -2.45. The number of carbonyl (C=O) groups is 1. The number of alkyl halides is 1. The fourth-order valence-corrected chi connectivity index (χ4v) is 2.04. The predicted octanol–water partition coefficient (Wildman–Crippen LogP) is 1.32. The molecule has 1 N–H and O–H groups in total. The average Bonchev–Trinajstić information content (AvgIpc) is 2.31. The standard InChI is InChI=1S/C11H20ClNO3/c1-15-8-9(5-6-12)13-11(14)10-4-2-3-7-16-10/h9-10H,2-8H2,1H3,(H,13,14). The molecule has 94 valence electrons. The van der Waals surface area contributed by atoms with E-state index in [9.17, 15) is 4.79 Å². The van der Waals surface area contributed by atoms with Crippen LogP contribution in [-0.2, 0) is 14.3 Å². The van der Waals surface area contributed by atoms with Gasteiger partial charge in [-0.05, 0) is 25.7 Å². The largest absolute Gasteiger partial charge is 0.383 e. The van der Waals surface area contributed by atoms with Gasteiger partial charge < -0.3 is 14.8 Å². The van der Waals surface area contributed by atoms with Gasteiger partial charge in [-0.2, -0.15) is 0 Å². The summed E-state index contributed by atoms with van der Waals surface area (Å²) in [5.41, 5.74) is 0. The molecule has 5 heteroatoms. The Morgan fingerprint density at radius 2 is 2.44 bits per heavy atom. The molecule has 1 fully saturated rings. The zero-order chi connectivity index (χ0) is 11.8. The van der Waals surface area contributed by atoms with Crippen molar-refractivity contribution in [1.82, 2.24) is 5.32 Å². The molecular formula is C11H20ClNO3. The van der Waals surface area contributed by atoms with Crippen molar-refractivity contribution in [3.05, 3.63) is 0 Å². The first-order valence-corrected chi connectivity index (χ1v) is 6.28. The zero-order valence-electron chi connectivity index (χ0n) is 9.71. The number of hydrogen-bond acceptors (Lipinski definition) is 3. The highest BCUT2D eigenvalue weighted by atomic mass is 35.5. The number of ether oxygens (including phenoxy) is 2. The topological polar surface area (TPSA) is 47.6 Å². The molecule has 0 bridgehead atoms. The van der Waals surface area contributed by atoms with Gasteiger partial charge in [0.25, 0.3) is 0 Å². The van der Waals surface area contributed by atoms with E-state index in [1.54, 1.807) is 7.11 Å². The molecule has 0 radical (unpaired) electrons. The highest BCUT2D eigenvalue weighted by Crippen LogP contribution is 2.13. The Labute approximate surface area is 102 Å². The first-order valence-electron chi connectivity index (χ1n) is 5.74. The van der Waals surface area contributed by atoms with E-state index in [0.29, 0.717) is 25.5 Å². The van der Waals surface area contributed by atoms with Crippen molar-refractivity contribution < 1.29 is 14.3 Å². The summed E-state index contributed by atoms with van der Waals surface area (Å²) in [5, 5.41) is 2.92. The maximum Gasteiger partial charge on any atom is 0.249 e. The van der Waals surface area contributed by atoms with Crippen LogP contribution >= 0.6 is 11.6 Å². The maximum absolute atomic E-state index is 11.8. The fourth-order valence-electron chi connectivity index (χ4n) is 1.77. The average molecular weight is 250 g/mol. The number of carbonyl (C=O) groups excluding carboxylic acids is 1. The minimum Gasteiger partial charge on any atom is -0.383 e. The third kappa shape index (κ3) is 4.68. The molecule has 2 atom stereocenters. The monoisotopic (exact) mass is 249 g/mol. The molecule has 0 aromatic rings. The second-order valence-corrected chi connectivity index (χ2v) is 4.37. The van der Waals surface area contributed by atoms with Crippen LogP contribution in [0.4, 0.5) is 0 Å². The summed E-state index contributed by atoms with van der Waals surface area (Å²) >= 11 is 5.66. The normalized spacial score (nSPS) is 22.8. The van der Waals surface area contributed by atoms with Crippen LogP contribution in [0, 0.1) is 0 Å². The van der Waals surface area contributed by atoms with E-state index < -0.39 is 0 Å². The molecule has 4 nitrogen and oxygen atoms in total. The van der Waals surface area contributed by atoms with Gasteiger partial charge in [-0.3, -0.25) is 4.79 Å². The molecule has 16 heavy (non-hydrogen) atoms. The second kappa shape index (κ2) is 7.87. The summed E-state index contributed by atoms with van der Waals surface area (Å²) in [6.07, 6.45) is 3.35. The van der Waals surface area contributed by atoms with Crippen LogP contribution in [0.25, 0.3) is 0 Å². The van der Waals surface area contributed by atoms with Gasteiger partial charge in [0.05, 0.1) is 12.6 Å². The minimum atomic E-state index is -0.288. The van der Waals surface area contributed by atoms with Crippen molar-refractivity contribution in [2.75, 3.05) is 26.2 Å². The fraction of sp³-hybridized carbons (Fsp3) is 0.909. The summed E-state index contributed by atoms with van der Waals surface area (Å²) < 4.78 is 10.4. The summed E-state index contributed by atoms with van der Waals surface area (Å²) in [4.78, 5) is 11.8. The third-order valence-electron chi connectivity index (χ3n) is 2.64. The van der Waals surface area contributed by atoms with Gasteiger partial charge in [-0.25, -0.2) is 0 Å². The van der Waals surface area contributed by atoms with Crippen LogP contribution in [0.3, 0.4) is 0 Å². The lowest BCUT2D eigenvalue weighted by molar-refractivity contribution is -0.136. The van der Waals surface area contributed by atoms with Crippen LogP contribution in [0.15, 0.2) is 0 Å². The molecule has 1 aliphatic heterocycles. The van der Waals surface area contributed by atoms with Gasteiger partial charge in [-0.1, -0.05) is 0 Å². The molecule has 1 aliphatic rings. The van der Waals surface area contributed by atoms with E-state index >= 15 is 0 Å². The number of nitrogens with one attached hydrogen (secondary N) is 1. The van der Waals surface area contributed by atoms with Gasteiger partial charge in [0.15, 0.2) is 0 Å². The van der Waals surface area contributed by atoms with E-state index in [4.69, 9.17) is 21.1 Å². The van der Waals surface area contributed by atoms with Crippen LogP contribution < -0.4 is 5.32 Å². The van der Waals surface area contributed by atoms with Crippen LogP contribution in [0.1, 0.15) is 25.7 Å². The smallest absolute Gasteiger partial charge is 0.249 e. The Bertz CT molecular complexity index is 201. The quantitative estimate of drug-likeness (QED) is 0.723. The number of amides is 1. The minimum absolute atomic E-state index is 0.0134. The first kappa shape index (κ1) is 13.7. The SMILES string of the molecule is COCC(CCCl)NC(=O)C1CCCCO1. The highest BCUT2D eigenvalue weighted by molar-refractivity contribution is 6.17. The molecule has 2 unspecified atom stereocenters. The third-order valence-corrected chi connectivity index (χ3v) is 2.86. The molecule has 1 rings (SSSR count).